The van der Waals surface area contributed by atoms with E-state index in [1.165, 1.54) is 5.56 Å². The maximum Gasteiger partial charge on any atom is 0.263 e. The fourth-order valence-electron chi connectivity index (χ4n) is 2.26. The minimum Gasteiger partial charge on any atom is -0.481 e. The van der Waals surface area contributed by atoms with Gasteiger partial charge in [-0.05, 0) is 32.9 Å². The predicted octanol–water partition coefficient (Wildman–Crippen LogP) is 1.58. The normalized spacial score (nSPS) is 21.0. The third-order valence-corrected chi connectivity index (χ3v) is 3.36. The third kappa shape index (κ3) is 3.70. The number of benzene rings is 1. The molecule has 0 aromatic heterocycles. The van der Waals surface area contributed by atoms with Crippen LogP contribution >= 0.6 is 0 Å². The summed E-state index contributed by atoms with van der Waals surface area (Å²) in [5, 5.41) is 3.33. The molecule has 4 nitrogen and oxygen atoms in total. The van der Waals surface area contributed by atoms with Gasteiger partial charge >= 0.3 is 0 Å². The number of aryl methyl sites for hydroxylation is 1. The molecule has 1 aromatic carbocycles. The molecule has 0 aliphatic carbocycles. The zero-order chi connectivity index (χ0) is 13.8. The van der Waals surface area contributed by atoms with Gasteiger partial charge in [0, 0.05) is 25.7 Å². The first kappa shape index (κ1) is 13.9. The summed E-state index contributed by atoms with van der Waals surface area (Å²) in [7, 11) is 0. The van der Waals surface area contributed by atoms with Gasteiger partial charge in [-0.1, -0.05) is 17.7 Å². The molecular weight excluding hydrogens is 240 g/mol. The Bertz CT molecular complexity index is 430. The van der Waals surface area contributed by atoms with E-state index in [0.29, 0.717) is 6.04 Å². The highest BCUT2D eigenvalue weighted by molar-refractivity contribution is 5.81. The number of hydrogen-bond donors (Lipinski definition) is 1. The van der Waals surface area contributed by atoms with Gasteiger partial charge in [0.15, 0.2) is 6.10 Å². The highest BCUT2D eigenvalue weighted by atomic mass is 16.5. The molecule has 1 amide bonds. The van der Waals surface area contributed by atoms with Crippen molar-refractivity contribution >= 4 is 5.91 Å². The van der Waals surface area contributed by atoms with Crippen molar-refractivity contribution in [3.8, 4) is 5.75 Å². The molecule has 0 bridgehead atoms. The van der Waals surface area contributed by atoms with Crippen LogP contribution in [0.3, 0.4) is 0 Å². The quantitative estimate of drug-likeness (QED) is 0.899. The zero-order valence-electron chi connectivity index (χ0n) is 11.8. The van der Waals surface area contributed by atoms with Crippen molar-refractivity contribution < 1.29 is 9.53 Å². The van der Waals surface area contributed by atoms with Gasteiger partial charge in [-0.25, -0.2) is 0 Å². The number of rotatable bonds is 3. The topological polar surface area (TPSA) is 41.6 Å². The van der Waals surface area contributed by atoms with E-state index in [9.17, 15) is 4.79 Å². The standard InChI is InChI=1S/C15H22N2O2/c1-11-4-6-14(7-5-11)19-13(3)15(18)17-9-8-16-12(2)10-17/h4-7,12-13,16H,8-10H2,1-3H3. The number of ether oxygens (including phenoxy) is 1. The van der Waals surface area contributed by atoms with E-state index in [-0.39, 0.29) is 5.91 Å². The molecule has 104 valence electrons. The van der Waals surface area contributed by atoms with E-state index >= 15 is 0 Å². The number of nitrogens with one attached hydrogen (secondary N) is 1. The molecule has 1 N–H and O–H groups in total. The Morgan fingerprint density at radius 1 is 1.42 bits per heavy atom. The largest absolute Gasteiger partial charge is 0.481 e. The van der Waals surface area contributed by atoms with Crippen molar-refractivity contribution in [1.29, 1.82) is 0 Å². The van der Waals surface area contributed by atoms with Gasteiger partial charge in [0.2, 0.25) is 0 Å². The number of carbonyl (C=O) groups is 1. The van der Waals surface area contributed by atoms with Crippen LogP contribution in [0.15, 0.2) is 24.3 Å². The Morgan fingerprint density at radius 3 is 2.74 bits per heavy atom. The van der Waals surface area contributed by atoms with Gasteiger partial charge < -0.3 is 15.0 Å². The minimum atomic E-state index is -0.437. The molecule has 1 aromatic rings. The molecule has 0 radical (unpaired) electrons. The maximum atomic E-state index is 12.3. The summed E-state index contributed by atoms with van der Waals surface area (Å²) in [5.41, 5.74) is 1.18. The molecule has 19 heavy (non-hydrogen) atoms. The average molecular weight is 262 g/mol. The molecule has 1 saturated heterocycles. The lowest BCUT2D eigenvalue weighted by molar-refractivity contribution is -0.139. The van der Waals surface area contributed by atoms with Crippen LogP contribution in [-0.4, -0.2) is 42.6 Å². The van der Waals surface area contributed by atoms with Gasteiger partial charge in [-0.3, -0.25) is 4.79 Å². The second-order valence-corrected chi connectivity index (χ2v) is 5.21. The highest BCUT2D eigenvalue weighted by Gasteiger charge is 2.25. The van der Waals surface area contributed by atoms with Crippen LogP contribution in [0.2, 0.25) is 0 Å². The van der Waals surface area contributed by atoms with Crippen LogP contribution in [0.5, 0.6) is 5.75 Å². The summed E-state index contributed by atoms with van der Waals surface area (Å²) in [5.74, 6) is 0.809. The fraction of sp³-hybridized carbons (Fsp3) is 0.533. The lowest BCUT2D eigenvalue weighted by Crippen LogP contribution is -2.54. The van der Waals surface area contributed by atoms with Gasteiger partial charge in [0.25, 0.3) is 5.91 Å². The van der Waals surface area contributed by atoms with Crippen molar-refractivity contribution in [3.05, 3.63) is 29.8 Å². The first-order valence-corrected chi connectivity index (χ1v) is 6.82. The summed E-state index contributed by atoms with van der Waals surface area (Å²) < 4.78 is 5.71. The first-order valence-electron chi connectivity index (χ1n) is 6.82. The van der Waals surface area contributed by atoms with Crippen LogP contribution in [0, 0.1) is 6.92 Å². The zero-order valence-corrected chi connectivity index (χ0v) is 11.8. The molecule has 2 rings (SSSR count). The Morgan fingerprint density at radius 2 is 2.11 bits per heavy atom. The smallest absolute Gasteiger partial charge is 0.263 e. The molecule has 1 fully saturated rings. The SMILES string of the molecule is Cc1ccc(OC(C)C(=O)N2CCNC(C)C2)cc1. The molecule has 0 saturated carbocycles. The summed E-state index contributed by atoms with van der Waals surface area (Å²) in [4.78, 5) is 14.2. The molecule has 1 aliphatic heterocycles. The van der Waals surface area contributed by atoms with Crippen molar-refractivity contribution in [2.45, 2.75) is 32.9 Å². The number of amides is 1. The first-order chi connectivity index (χ1) is 9.06. The summed E-state index contributed by atoms with van der Waals surface area (Å²) in [6.07, 6.45) is -0.437. The van der Waals surface area contributed by atoms with Gasteiger partial charge in [-0.2, -0.15) is 0 Å². The highest BCUT2D eigenvalue weighted by Crippen LogP contribution is 2.14. The number of piperazine rings is 1. The summed E-state index contributed by atoms with van der Waals surface area (Å²) in [6.45, 7) is 8.29. The predicted molar refractivity (Wildman–Crippen MR) is 75.3 cm³/mol. The maximum absolute atomic E-state index is 12.3. The summed E-state index contributed by atoms with van der Waals surface area (Å²) >= 11 is 0. The third-order valence-electron chi connectivity index (χ3n) is 3.36. The number of hydrogen-bond acceptors (Lipinski definition) is 3. The van der Waals surface area contributed by atoms with E-state index in [4.69, 9.17) is 4.74 Å². The number of carbonyl (C=O) groups excluding carboxylic acids is 1. The second kappa shape index (κ2) is 6.06. The molecule has 2 atom stereocenters. The van der Waals surface area contributed by atoms with Crippen molar-refractivity contribution in [1.82, 2.24) is 10.2 Å². The Labute approximate surface area is 114 Å². The Kier molecular flexibility index (Phi) is 4.43. The van der Waals surface area contributed by atoms with Crippen molar-refractivity contribution in [3.63, 3.8) is 0 Å². The van der Waals surface area contributed by atoms with Crippen LogP contribution in [-0.2, 0) is 4.79 Å². The van der Waals surface area contributed by atoms with E-state index in [1.807, 2.05) is 43.0 Å². The lowest BCUT2D eigenvalue weighted by Gasteiger charge is -2.33. The average Bonchev–Trinajstić information content (AvgIpc) is 2.40. The van der Waals surface area contributed by atoms with E-state index in [1.54, 1.807) is 0 Å². The van der Waals surface area contributed by atoms with E-state index in [0.717, 1.165) is 25.4 Å². The molecule has 4 heteroatoms. The lowest BCUT2D eigenvalue weighted by atomic mass is 10.2. The minimum absolute atomic E-state index is 0.0638. The molecule has 1 aliphatic rings. The van der Waals surface area contributed by atoms with E-state index < -0.39 is 6.10 Å². The summed E-state index contributed by atoms with van der Waals surface area (Å²) in [6, 6.07) is 8.13. The van der Waals surface area contributed by atoms with Crippen LogP contribution < -0.4 is 10.1 Å². The second-order valence-electron chi connectivity index (χ2n) is 5.21. The van der Waals surface area contributed by atoms with E-state index in [2.05, 4.69) is 12.2 Å². The van der Waals surface area contributed by atoms with Crippen molar-refractivity contribution in [2.24, 2.45) is 0 Å². The Hall–Kier alpha value is -1.55. The van der Waals surface area contributed by atoms with Gasteiger partial charge in [0.05, 0.1) is 0 Å². The molecule has 1 heterocycles. The fourth-order valence-corrected chi connectivity index (χ4v) is 2.26. The van der Waals surface area contributed by atoms with Gasteiger partial charge in [-0.15, -0.1) is 0 Å². The monoisotopic (exact) mass is 262 g/mol. The van der Waals surface area contributed by atoms with Crippen LogP contribution in [0.4, 0.5) is 0 Å². The molecule has 0 spiro atoms. The number of nitrogens with zero attached hydrogens (tertiary/aromatic N) is 1. The molecule has 2 unspecified atom stereocenters. The Balaban J connectivity index is 1.93. The molecular formula is C15H22N2O2. The van der Waals surface area contributed by atoms with Crippen LogP contribution in [0.1, 0.15) is 19.4 Å². The van der Waals surface area contributed by atoms with Crippen LogP contribution in [0.25, 0.3) is 0 Å². The van der Waals surface area contributed by atoms with Crippen molar-refractivity contribution in [2.75, 3.05) is 19.6 Å². The van der Waals surface area contributed by atoms with Gasteiger partial charge in [0.1, 0.15) is 5.75 Å².